The average Bonchev–Trinajstić information content (AvgIpc) is 2.37. The molecule has 0 fully saturated rings. The van der Waals surface area contributed by atoms with Crippen LogP contribution in [0.3, 0.4) is 0 Å². The van der Waals surface area contributed by atoms with Gasteiger partial charge in [0.25, 0.3) is 0 Å². The zero-order valence-corrected chi connectivity index (χ0v) is 6.10. The summed E-state index contributed by atoms with van der Waals surface area (Å²) < 4.78 is 1.09. The smallest absolute Gasteiger partial charge is 0.239 e. The predicted molar refractivity (Wildman–Crippen MR) is 38.6 cm³/mol. The molecule has 1 heterocycles. The van der Waals surface area contributed by atoms with E-state index in [0.29, 0.717) is 6.41 Å². The van der Waals surface area contributed by atoms with Gasteiger partial charge in [0.1, 0.15) is 0 Å². The monoisotopic (exact) mass is 163 g/mol. The first kappa shape index (κ1) is 6.79. The molecule has 50 valence electrons. The van der Waals surface area contributed by atoms with Gasteiger partial charge in [-0.2, -0.15) is 9.25 Å². The van der Waals surface area contributed by atoms with Crippen LogP contribution < -0.4 is 4.83 Å². The van der Waals surface area contributed by atoms with Crippen molar-refractivity contribution in [1.82, 2.24) is 14.4 Å². The molecule has 0 aliphatic carbocycles. The molecule has 0 saturated carbocycles. The van der Waals surface area contributed by atoms with Gasteiger partial charge in [-0.05, 0) is 24.8 Å². The maximum absolute atomic E-state index is 10.0. The molecule has 1 N–H and O–H groups in total. The van der Waals surface area contributed by atoms with Crippen molar-refractivity contribution in [3.05, 3.63) is 11.6 Å². The van der Waals surface area contributed by atoms with E-state index in [2.05, 4.69) is 17.6 Å². The highest BCUT2D eigenvalue weighted by molar-refractivity contribution is 8.00. The lowest BCUT2D eigenvalue weighted by Gasteiger charge is -2.20. The molecule has 1 amide bonds. The Morgan fingerprint density at radius 2 is 2.67 bits per heavy atom. The Kier molecular flexibility index (Phi) is 2.26. The van der Waals surface area contributed by atoms with Gasteiger partial charge in [0.15, 0.2) is 0 Å². The molecule has 0 saturated heterocycles. The molecule has 0 bridgehead atoms. The van der Waals surface area contributed by atoms with Crippen molar-refractivity contribution in [2.24, 2.45) is 0 Å². The van der Waals surface area contributed by atoms with Crippen LogP contribution in [0, 0.1) is 0 Å². The van der Waals surface area contributed by atoms with Crippen molar-refractivity contribution in [3.63, 3.8) is 0 Å². The maximum atomic E-state index is 10.0. The van der Waals surface area contributed by atoms with Gasteiger partial charge in [0, 0.05) is 11.6 Å². The minimum atomic E-state index is 0.590. The van der Waals surface area contributed by atoms with E-state index >= 15 is 0 Å². The highest BCUT2D eigenvalue weighted by Crippen LogP contribution is 2.10. The van der Waals surface area contributed by atoms with Crippen LogP contribution in [0.2, 0.25) is 0 Å². The Hall–Kier alpha value is -0.330. The summed E-state index contributed by atoms with van der Waals surface area (Å²) in [6.45, 7) is 0. The number of carbonyl (C=O) groups is 1. The minimum Gasteiger partial charge on any atom is -0.276 e. The summed E-state index contributed by atoms with van der Waals surface area (Å²) in [5, 5.41) is 3.24. The lowest BCUT2D eigenvalue weighted by Crippen LogP contribution is -2.35. The summed E-state index contributed by atoms with van der Waals surface area (Å²) in [6, 6.07) is 0. The Morgan fingerprint density at radius 1 is 1.89 bits per heavy atom. The molecular formula is C3H5N3OS2. The van der Waals surface area contributed by atoms with Gasteiger partial charge in [-0.15, -0.1) is 0 Å². The number of thiol groups is 1. The molecule has 0 radical (unpaired) electrons. The van der Waals surface area contributed by atoms with Gasteiger partial charge >= 0.3 is 0 Å². The zero-order valence-electron chi connectivity index (χ0n) is 4.39. The number of hydrogen-bond donors (Lipinski definition) is 2. The fraction of sp³-hybridized carbons (Fsp3) is 0. The third-order valence-corrected chi connectivity index (χ3v) is 1.57. The van der Waals surface area contributed by atoms with Crippen LogP contribution in [0.1, 0.15) is 0 Å². The van der Waals surface area contributed by atoms with Gasteiger partial charge in [0.2, 0.25) is 6.41 Å². The SMILES string of the molecule is O=CN(S)N1C=CSN1. The standard InChI is InChI=1S/C3H5N3OS2/c7-3-6(8)5-1-2-9-4-5/h1-4,8H. The quantitative estimate of drug-likeness (QED) is 0.345. The normalized spacial score (nSPS) is 16.3. The molecule has 0 spiro atoms. The van der Waals surface area contributed by atoms with Crippen molar-refractivity contribution < 1.29 is 4.79 Å². The first-order valence-corrected chi connectivity index (χ1v) is 3.43. The first-order valence-electron chi connectivity index (χ1n) is 2.15. The number of hydrazine groups is 2. The van der Waals surface area contributed by atoms with E-state index in [9.17, 15) is 4.79 Å². The second-order valence-electron chi connectivity index (χ2n) is 1.26. The molecule has 1 aliphatic heterocycles. The number of hydrogen-bond acceptors (Lipinski definition) is 5. The number of nitrogens with one attached hydrogen (secondary N) is 1. The molecule has 6 heteroatoms. The van der Waals surface area contributed by atoms with E-state index in [4.69, 9.17) is 0 Å². The first-order chi connectivity index (χ1) is 4.34. The van der Waals surface area contributed by atoms with E-state index in [1.165, 1.54) is 17.1 Å². The molecule has 9 heavy (non-hydrogen) atoms. The zero-order chi connectivity index (χ0) is 6.69. The van der Waals surface area contributed by atoms with E-state index in [1.54, 1.807) is 11.6 Å². The van der Waals surface area contributed by atoms with Crippen molar-refractivity contribution >= 4 is 31.2 Å². The summed E-state index contributed by atoms with van der Waals surface area (Å²) in [6.07, 6.45) is 2.28. The highest BCUT2D eigenvalue weighted by Gasteiger charge is 2.07. The van der Waals surface area contributed by atoms with E-state index in [1.807, 2.05) is 0 Å². The van der Waals surface area contributed by atoms with Crippen LogP contribution >= 0.6 is 24.8 Å². The number of rotatable bonds is 2. The van der Waals surface area contributed by atoms with Crippen molar-refractivity contribution in [1.29, 1.82) is 0 Å². The Bertz CT molecular complexity index is 139. The molecule has 1 aliphatic rings. The van der Waals surface area contributed by atoms with E-state index in [-0.39, 0.29) is 0 Å². The molecule has 0 aromatic carbocycles. The van der Waals surface area contributed by atoms with Crippen LogP contribution in [0.15, 0.2) is 11.6 Å². The van der Waals surface area contributed by atoms with Gasteiger partial charge in [-0.3, -0.25) is 4.79 Å². The highest BCUT2D eigenvalue weighted by atomic mass is 32.2. The number of nitrogens with zero attached hydrogens (tertiary/aromatic N) is 2. The van der Waals surface area contributed by atoms with Gasteiger partial charge in [0.05, 0.1) is 0 Å². The van der Waals surface area contributed by atoms with Crippen LogP contribution in [-0.4, -0.2) is 15.9 Å². The molecule has 4 nitrogen and oxygen atoms in total. The maximum Gasteiger partial charge on any atom is 0.239 e. The third-order valence-electron chi connectivity index (χ3n) is 0.731. The Morgan fingerprint density at radius 3 is 3.11 bits per heavy atom. The topological polar surface area (TPSA) is 35.6 Å². The second-order valence-corrected chi connectivity index (χ2v) is 2.36. The van der Waals surface area contributed by atoms with Crippen molar-refractivity contribution in [2.75, 3.05) is 0 Å². The van der Waals surface area contributed by atoms with Gasteiger partial charge in [-0.1, -0.05) is 0 Å². The van der Waals surface area contributed by atoms with Gasteiger partial charge < -0.3 is 0 Å². The summed E-state index contributed by atoms with van der Waals surface area (Å²) in [4.78, 5) is 12.8. The molecule has 1 rings (SSSR count). The minimum absolute atomic E-state index is 0.590. The molecule has 0 unspecified atom stereocenters. The fourth-order valence-corrected chi connectivity index (χ4v) is 1.02. The molecule has 0 atom stereocenters. The predicted octanol–water partition coefficient (Wildman–Crippen LogP) is 0.144. The number of carbonyl (C=O) groups excluding carboxylic acids is 1. The fourth-order valence-electron chi connectivity index (χ4n) is 0.364. The van der Waals surface area contributed by atoms with E-state index in [0.717, 1.165) is 4.41 Å². The Labute approximate surface area is 62.5 Å². The summed E-state index contributed by atoms with van der Waals surface area (Å²) in [5.41, 5.74) is 0. The second kappa shape index (κ2) is 3.00. The largest absolute Gasteiger partial charge is 0.276 e. The molecule has 0 aromatic rings. The number of amides is 1. The van der Waals surface area contributed by atoms with Gasteiger partial charge in [-0.25, -0.2) is 5.12 Å². The lowest BCUT2D eigenvalue weighted by atomic mass is 11.0. The summed E-state index contributed by atoms with van der Waals surface area (Å²) in [5.74, 6) is 0. The molecular weight excluding hydrogens is 158 g/mol. The lowest BCUT2D eigenvalue weighted by molar-refractivity contribution is -0.121. The van der Waals surface area contributed by atoms with Crippen molar-refractivity contribution in [2.45, 2.75) is 0 Å². The van der Waals surface area contributed by atoms with Crippen LogP contribution in [0.4, 0.5) is 0 Å². The average molecular weight is 163 g/mol. The third kappa shape index (κ3) is 1.54. The van der Waals surface area contributed by atoms with Crippen LogP contribution in [0.5, 0.6) is 0 Å². The van der Waals surface area contributed by atoms with Crippen LogP contribution in [0.25, 0.3) is 0 Å². The van der Waals surface area contributed by atoms with Crippen molar-refractivity contribution in [3.8, 4) is 0 Å². The Balaban J connectivity index is 2.42. The summed E-state index contributed by atoms with van der Waals surface area (Å²) >= 11 is 5.16. The van der Waals surface area contributed by atoms with E-state index < -0.39 is 0 Å². The molecule has 0 aromatic heterocycles. The van der Waals surface area contributed by atoms with Crippen LogP contribution in [-0.2, 0) is 4.79 Å². The summed E-state index contributed by atoms with van der Waals surface area (Å²) in [7, 11) is 0.